The third kappa shape index (κ3) is 2.97. The van der Waals surface area contributed by atoms with Crippen molar-refractivity contribution in [3.63, 3.8) is 0 Å². The summed E-state index contributed by atoms with van der Waals surface area (Å²) in [6.07, 6.45) is 0.873. The fraction of sp³-hybridized carbons (Fsp3) is 0.727. The van der Waals surface area contributed by atoms with Crippen LogP contribution in [0, 0.1) is 12.8 Å². The first-order chi connectivity index (χ1) is 8.95. The fourth-order valence-electron chi connectivity index (χ4n) is 2.31. The second kappa shape index (κ2) is 5.58. The molecule has 0 bridgehead atoms. The Bertz CT molecular complexity index is 534. The summed E-state index contributed by atoms with van der Waals surface area (Å²) < 4.78 is 32.8. The molecule has 4 N–H and O–H groups in total. The Morgan fingerprint density at radius 2 is 2.37 bits per heavy atom. The molecule has 1 aliphatic rings. The Labute approximate surface area is 113 Å². The van der Waals surface area contributed by atoms with E-state index < -0.39 is 10.0 Å². The number of hydrogen-bond acceptors (Lipinski definition) is 5. The molecule has 8 heteroatoms. The van der Waals surface area contributed by atoms with Crippen molar-refractivity contribution in [2.24, 2.45) is 11.7 Å². The van der Waals surface area contributed by atoms with Gasteiger partial charge in [0.25, 0.3) is 0 Å². The van der Waals surface area contributed by atoms with E-state index >= 15 is 0 Å². The Kier molecular flexibility index (Phi) is 4.24. The SMILES string of the molecule is Cc1[nH]nc(CN)c1S(=O)(=O)NC(C)C1CCOC1. The van der Waals surface area contributed by atoms with Gasteiger partial charge < -0.3 is 10.5 Å². The molecule has 1 saturated heterocycles. The zero-order chi connectivity index (χ0) is 14.0. The molecule has 1 aromatic rings. The predicted octanol–water partition coefficient (Wildman–Crippen LogP) is -0.120. The smallest absolute Gasteiger partial charge is 0.244 e. The van der Waals surface area contributed by atoms with E-state index in [1.807, 2.05) is 6.92 Å². The third-order valence-corrected chi connectivity index (χ3v) is 5.20. The molecule has 19 heavy (non-hydrogen) atoms. The molecule has 2 atom stereocenters. The molecular formula is C11H20N4O3S. The molecule has 2 rings (SSSR count). The quantitative estimate of drug-likeness (QED) is 0.699. The predicted molar refractivity (Wildman–Crippen MR) is 69.9 cm³/mol. The van der Waals surface area contributed by atoms with Gasteiger partial charge in [0.1, 0.15) is 4.90 Å². The second-order valence-corrected chi connectivity index (χ2v) is 6.51. The van der Waals surface area contributed by atoms with Crippen molar-refractivity contribution >= 4 is 10.0 Å². The van der Waals surface area contributed by atoms with Crippen molar-refractivity contribution < 1.29 is 13.2 Å². The molecule has 7 nitrogen and oxygen atoms in total. The van der Waals surface area contributed by atoms with Crippen LogP contribution in [0.5, 0.6) is 0 Å². The average Bonchev–Trinajstić information content (AvgIpc) is 2.96. The highest BCUT2D eigenvalue weighted by Crippen LogP contribution is 2.21. The van der Waals surface area contributed by atoms with Crippen LogP contribution in [0.25, 0.3) is 0 Å². The number of ether oxygens (including phenoxy) is 1. The van der Waals surface area contributed by atoms with E-state index in [1.165, 1.54) is 0 Å². The number of nitrogens with one attached hydrogen (secondary N) is 2. The summed E-state index contributed by atoms with van der Waals surface area (Å²) in [6, 6.07) is -0.174. The van der Waals surface area contributed by atoms with E-state index in [-0.39, 0.29) is 23.4 Å². The van der Waals surface area contributed by atoms with Crippen LogP contribution < -0.4 is 10.5 Å². The maximum atomic E-state index is 12.4. The minimum Gasteiger partial charge on any atom is -0.381 e. The molecule has 0 radical (unpaired) electrons. The highest BCUT2D eigenvalue weighted by Gasteiger charge is 2.29. The fourth-order valence-corrected chi connectivity index (χ4v) is 4.00. The molecule has 2 unspecified atom stereocenters. The maximum absolute atomic E-state index is 12.4. The van der Waals surface area contributed by atoms with Gasteiger partial charge in [-0.3, -0.25) is 5.10 Å². The van der Waals surface area contributed by atoms with Crippen LogP contribution in [0.3, 0.4) is 0 Å². The summed E-state index contributed by atoms with van der Waals surface area (Å²) in [5, 5.41) is 6.57. The van der Waals surface area contributed by atoms with Crippen LogP contribution >= 0.6 is 0 Å². The monoisotopic (exact) mass is 288 g/mol. The lowest BCUT2D eigenvalue weighted by Gasteiger charge is -2.19. The van der Waals surface area contributed by atoms with E-state index in [4.69, 9.17) is 10.5 Å². The van der Waals surface area contributed by atoms with Crippen molar-refractivity contribution in [3.8, 4) is 0 Å². The van der Waals surface area contributed by atoms with E-state index in [0.29, 0.717) is 24.6 Å². The lowest BCUT2D eigenvalue weighted by molar-refractivity contribution is 0.180. The van der Waals surface area contributed by atoms with Gasteiger partial charge in [-0.05, 0) is 20.3 Å². The molecule has 1 fully saturated rings. The molecule has 1 aliphatic heterocycles. The van der Waals surface area contributed by atoms with Gasteiger partial charge in [0.15, 0.2) is 0 Å². The molecule has 1 aromatic heterocycles. The number of H-pyrrole nitrogens is 1. The molecular weight excluding hydrogens is 268 g/mol. The van der Waals surface area contributed by atoms with Crippen LogP contribution in [-0.4, -0.2) is 37.9 Å². The van der Waals surface area contributed by atoms with Crippen molar-refractivity contribution in [2.75, 3.05) is 13.2 Å². The summed E-state index contributed by atoms with van der Waals surface area (Å²) in [5.74, 6) is 0.211. The first-order valence-electron chi connectivity index (χ1n) is 6.29. The van der Waals surface area contributed by atoms with Gasteiger partial charge in [0, 0.05) is 25.1 Å². The summed E-state index contributed by atoms with van der Waals surface area (Å²) in [4.78, 5) is 0.167. The normalized spacial score (nSPS) is 21.7. The number of aryl methyl sites for hydroxylation is 1. The van der Waals surface area contributed by atoms with Crippen molar-refractivity contribution in [1.82, 2.24) is 14.9 Å². The summed E-state index contributed by atoms with van der Waals surface area (Å²) in [6.45, 7) is 4.90. The number of rotatable bonds is 5. The summed E-state index contributed by atoms with van der Waals surface area (Å²) in [5.41, 5.74) is 6.38. The summed E-state index contributed by atoms with van der Waals surface area (Å²) >= 11 is 0. The van der Waals surface area contributed by atoms with Gasteiger partial charge in [-0.25, -0.2) is 13.1 Å². The highest BCUT2D eigenvalue weighted by atomic mass is 32.2. The first-order valence-corrected chi connectivity index (χ1v) is 7.78. The number of nitrogens with zero attached hydrogens (tertiary/aromatic N) is 1. The second-order valence-electron chi connectivity index (χ2n) is 4.86. The molecule has 0 aliphatic carbocycles. The van der Waals surface area contributed by atoms with Crippen molar-refractivity contribution in [1.29, 1.82) is 0 Å². The molecule has 2 heterocycles. The van der Waals surface area contributed by atoms with Gasteiger partial charge in [0.2, 0.25) is 10.0 Å². The van der Waals surface area contributed by atoms with E-state index in [2.05, 4.69) is 14.9 Å². The van der Waals surface area contributed by atoms with Crippen LogP contribution in [0.15, 0.2) is 4.90 Å². The number of nitrogens with two attached hydrogens (primary N) is 1. The minimum atomic E-state index is -3.61. The highest BCUT2D eigenvalue weighted by molar-refractivity contribution is 7.89. The molecule has 0 saturated carbocycles. The Morgan fingerprint density at radius 1 is 1.63 bits per heavy atom. The van der Waals surface area contributed by atoms with Crippen molar-refractivity contribution in [2.45, 2.75) is 37.8 Å². The Hall–Kier alpha value is -0.960. The summed E-state index contributed by atoms with van der Waals surface area (Å²) in [7, 11) is -3.61. The standard InChI is InChI=1S/C11H20N4O3S/c1-7(9-3-4-18-6-9)15-19(16,17)11-8(2)13-14-10(11)5-12/h7,9,15H,3-6,12H2,1-2H3,(H,13,14). The van der Waals surface area contributed by atoms with Crippen LogP contribution in [0.2, 0.25) is 0 Å². The Balaban J connectivity index is 2.19. The number of sulfonamides is 1. The Morgan fingerprint density at radius 3 is 2.95 bits per heavy atom. The van der Waals surface area contributed by atoms with Crippen LogP contribution in [-0.2, 0) is 21.3 Å². The lowest BCUT2D eigenvalue weighted by atomic mass is 10.0. The first kappa shape index (κ1) is 14.4. The van der Waals surface area contributed by atoms with Gasteiger partial charge in [-0.2, -0.15) is 5.10 Å². The largest absolute Gasteiger partial charge is 0.381 e. The van der Waals surface area contributed by atoms with E-state index in [0.717, 1.165) is 6.42 Å². The molecule has 108 valence electrons. The van der Waals surface area contributed by atoms with Gasteiger partial charge in [-0.15, -0.1) is 0 Å². The van der Waals surface area contributed by atoms with Crippen molar-refractivity contribution in [3.05, 3.63) is 11.4 Å². The third-order valence-electron chi connectivity index (χ3n) is 3.44. The minimum absolute atomic E-state index is 0.0848. The number of aromatic amines is 1. The van der Waals surface area contributed by atoms with Gasteiger partial charge in [-0.1, -0.05) is 0 Å². The zero-order valence-electron chi connectivity index (χ0n) is 11.1. The molecule has 0 spiro atoms. The number of aromatic nitrogens is 2. The molecule has 0 amide bonds. The van der Waals surface area contributed by atoms with Crippen LogP contribution in [0.4, 0.5) is 0 Å². The zero-order valence-corrected chi connectivity index (χ0v) is 12.0. The van der Waals surface area contributed by atoms with Gasteiger partial charge >= 0.3 is 0 Å². The van der Waals surface area contributed by atoms with Crippen LogP contribution in [0.1, 0.15) is 24.7 Å². The topological polar surface area (TPSA) is 110 Å². The molecule has 0 aromatic carbocycles. The average molecular weight is 288 g/mol. The lowest BCUT2D eigenvalue weighted by Crippen LogP contribution is -2.38. The van der Waals surface area contributed by atoms with Gasteiger partial charge in [0.05, 0.1) is 18.0 Å². The maximum Gasteiger partial charge on any atom is 0.244 e. The number of hydrogen-bond donors (Lipinski definition) is 3. The van der Waals surface area contributed by atoms with E-state index in [9.17, 15) is 8.42 Å². The van der Waals surface area contributed by atoms with E-state index in [1.54, 1.807) is 6.92 Å².